The Hall–Kier alpha value is -1.48. The number of fused-ring (bicyclic) bond motifs is 1. The van der Waals surface area contributed by atoms with Crippen molar-refractivity contribution in [1.29, 1.82) is 0 Å². The molecule has 0 amide bonds. The number of H-pyrrole nitrogens is 1. The van der Waals surface area contributed by atoms with E-state index in [0.717, 1.165) is 25.6 Å². The lowest BCUT2D eigenvalue weighted by atomic mass is 9.82. The number of aromatic amines is 1. The predicted octanol–water partition coefficient (Wildman–Crippen LogP) is 3.81. The average Bonchev–Trinajstić information content (AvgIpc) is 2.88. The molecular weight excluding hydrogens is 248 g/mol. The number of benzene rings is 1. The lowest BCUT2D eigenvalue weighted by Gasteiger charge is -2.38. The first-order valence-corrected chi connectivity index (χ1v) is 7.73. The average molecular weight is 272 g/mol. The van der Waals surface area contributed by atoms with E-state index in [1.54, 1.807) is 0 Å². The Labute approximate surface area is 120 Å². The Balaban J connectivity index is 1.64. The molecule has 0 radical (unpaired) electrons. The SMILES string of the molecule is CCOC1CC(CN(CC)c2ccc3[nH]ccc3c2)C1. The van der Waals surface area contributed by atoms with Gasteiger partial charge in [-0.3, -0.25) is 0 Å². The number of aromatic nitrogens is 1. The second kappa shape index (κ2) is 5.88. The van der Waals surface area contributed by atoms with Gasteiger partial charge in [-0.25, -0.2) is 0 Å². The summed E-state index contributed by atoms with van der Waals surface area (Å²) in [6, 6.07) is 8.83. The lowest BCUT2D eigenvalue weighted by Crippen LogP contribution is -2.40. The molecule has 1 fully saturated rings. The molecule has 1 aliphatic rings. The number of rotatable bonds is 6. The van der Waals surface area contributed by atoms with Crippen molar-refractivity contribution in [2.45, 2.75) is 32.8 Å². The molecule has 0 spiro atoms. The third-order valence-corrected chi connectivity index (χ3v) is 4.36. The van der Waals surface area contributed by atoms with Crippen LogP contribution in [0.25, 0.3) is 10.9 Å². The molecule has 0 unspecified atom stereocenters. The summed E-state index contributed by atoms with van der Waals surface area (Å²) in [6.45, 7) is 7.37. The van der Waals surface area contributed by atoms with E-state index in [2.05, 4.69) is 48.0 Å². The molecule has 1 N–H and O–H groups in total. The molecule has 1 aromatic heterocycles. The summed E-state index contributed by atoms with van der Waals surface area (Å²) in [5.74, 6) is 0.786. The zero-order chi connectivity index (χ0) is 13.9. The molecule has 1 heterocycles. The normalized spacial score (nSPS) is 21.9. The summed E-state index contributed by atoms with van der Waals surface area (Å²) in [5, 5.41) is 1.29. The summed E-state index contributed by atoms with van der Waals surface area (Å²) < 4.78 is 5.65. The fraction of sp³-hybridized carbons (Fsp3) is 0.529. The van der Waals surface area contributed by atoms with Gasteiger partial charge in [-0.1, -0.05) is 0 Å². The van der Waals surface area contributed by atoms with Crippen molar-refractivity contribution in [1.82, 2.24) is 4.98 Å². The maximum absolute atomic E-state index is 5.65. The van der Waals surface area contributed by atoms with Crippen molar-refractivity contribution in [3.05, 3.63) is 30.5 Å². The maximum Gasteiger partial charge on any atom is 0.0581 e. The van der Waals surface area contributed by atoms with Crippen LogP contribution in [-0.4, -0.2) is 30.8 Å². The molecule has 2 aromatic rings. The van der Waals surface area contributed by atoms with E-state index in [1.807, 2.05) is 6.20 Å². The Morgan fingerprint density at radius 2 is 2.10 bits per heavy atom. The van der Waals surface area contributed by atoms with Gasteiger partial charge in [-0.15, -0.1) is 0 Å². The number of hydrogen-bond acceptors (Lipinski definition) is 2. The highest BCUT2D eigenvalue weighted by atomic mass is 16.5. The molecule has 0 bridgehead atoms. The van der Waals surface area contributed by atoms with E-state index in [4.69, 9.17) is 4.74 Å². The highest BCUT2D eigenvalue weighted by Crippen LogP contribution is 2.32. The Bertz CT molecular complexity index is 557. The topological polar surface area (TPSA) is 28.3 Å². The molecule has 0 aliphatic heterocycles. The summed E-state index contributed by atoms with van der Waals surface area (Å²) in [5.41, 5.74) is 2.55. The second-order valence-corrected chi connectivity index (χ2v) is 5.70. The van der Waals surface area contributed by atoms with E-state index in [0.29, 0.717) is 6.10 Å². The van der Waals surface area contributed by atoms with Crippen LogP contribution in [0.5, 0.6) is 0 Å². The zero-order valence-corrected chi connectivity index (χ0v) is 12.4. The van der Waals surface area contributed by atoms with Crippen LogP contribution >= 0.6 is 0 Å². The summed E-state index contributed by atoms with van der Waals surface area (Å²) >= 11 is 0. The molecule has 3 nitrogen and oxygen atoms in total. The van der Waals surface area contributed by atoms with Crippen LogP contribution in [0.2, 0.25) is 0 Å². The van der Waals surface area contributed by atoms with Crippen molar-refractivity contribution in [3.8, 4) is 0 Å². The van der Waals surface area contributed by atoms with E-state index >= 15 is 0 Å². The first-order chi connectivity index (χ1) is 9.80. The van der Waals surface area contributed by atoms with Crippen LogP contribution in [0.4, 0.5) is 5.69 Å². The van der Waals surface area contributed by atoms with Crippen molar-refractivity contribution in [2.24, 2.45) is 5.92 Å². The van der Waals surface area contributed by atoms with Gasteiger partial charge in [0.2, 0.25) is 0 Å². The molecule has 1 aliphatic carbocycles. The number of nitrogens with one attached hydrogen (secondary N) is 1. The van der Waals surface area contributed by atoms with Crippen LogP contribution in [0.3, 0.4) is 0 Å². The van der Waals surface area contributed by atoms with Crippen molar-refractivity contribution < 1.29 is 4.74 Å². The fourth-order valence-corrected chi connectivity index (χ4v) is 3.16. The van der Waals surface area contributed by atoms with Gasteiger partial charge in [0.15, 0.2) is 0 Å². The number of hydrogen-bond donors (Lipinski definition) is 1. The van der Waals surface area contributed by atoms with Crippen molar-refractivity contribution in [2.75, 3.05) is 24.6 Å². The lowest BCUT2D eigenvalue weighted by molar-refractivity contribution is -0.0220. The molecule has 108 valence electrons. The fourth-order valence-electron chi connectivity index (χ4n) is 3.16. The van der Waals surface area contributed by atoms with Crippen molar-refractivity contribution in [3.63, 3.8) is 0 Å². The van der Waals surface area contributed by atoms with E-state index in [9.17, 15) is 0 Å². The summed E-state index contributed by atoms with van der Waals surface area (Å²) in [4.78, 5) is 5.74. The van der Waals surface area contributed by atoms with Gasteiger partial charge in [0.1, 0.15) is 0 Å². The molecule has 3 rings (SSSR count). The summed E-state index contributed by atoms with van der Waals surface area (Å²) in [6.07, 6.45) is 4.95. The smallest absolute Gasteiger partial charge is 0.0581 e. The van der Waals surface area contributed by atoms with Gasteiger partial charge >= 0.3 is 0 Å². The van der Waals surface area contributed by atoms with Gasteiger partial charge in [0.05, 0.1) is 6.10 Å². The van der Waals surface area contributed by atoms with Gasteiger partial charge in [-0.2, -0.15) is 0 Å². The first kappa shape index (κ1) is 13.5. The molecule has 1 aromatic carbocycles. The first-order valence-electron chi connectivity index (χ1n) is 7.73. The monoisotopic (exact) mass is 272 g/mol. The molecule has 0 atom stereocenters. The van der Waals surface area contributed by atoms with Gasteiger partial charge in [-0.05, 0) is 56.9 Å². The summed E-state index contributed by atoms with van der Waals surface area (Å²) in [7, 11) is 0. The molecule has 0 saturated heterocycles. The standard InChI is InChI=1S/C17H24N2O/c1-3-19(12-13-9-16(10-13)20-4-2)15-5-6-17-14(11-15)7-8-18-17/h5-8,11,13,16,18H,3-4,9-10,12H2,1-2H3. The third-order valence-electron chi connectivity index (χ3n) is 4.36. The number of ether oxygens (including phenoxy) is 1. The van der Waals surface area contributed by atoms with Gasteiger partial charge < -0.3 is 14.6 Å². The molecule has 3 heteroatoms. The minimum atomic E-state index is 0.510. The third kappa shape index (κ3) is 2.68. The molecule has 20 heavy (non-hydrogen) atoms. The number of anilines is 1. The van der Waals surface area contributed by atoms with Crippen molar-refractivity contribution >= 4 is 16.6 Å². The predicted molar refractivity (Wildman–Crippen MR) is 84.3 cm³/mol. The number of nitrogens with zero attached hydrogens (tertiary/aromatic N) is 1. The van der Waals surface area contributed by atoms with Gasteiger partial charge in [0, 0.05) is 42.5 Å². The Kier molecular flexibility index (Phi) is 3.97. The zero-order valence-electron chi connectivity index (χ0n) is 12.4. The molecule has 1 saturated carbocycles. The highest BCUT2D eigenvalue weighted by molar-refractivity contribution is 5.83. The second-order valence-electron chi connectivity index (χ2n) is 5.70. The van der Waals surface area contributed by atoms with Gasteiger partial charge in [0.25, 0.3) is 0 Å². The molecular formula is C17H24N2O. The van der Waals surface area contributed by atoms with E-state index in [-0.39, 0.29) is 0 Å². The minimum Gasteiger partial charge on any atom is -0.378 e. The van der Waals surface area contributed by atoms with Crippen LogP contribution in [0.1, 0.15) is 26.7 Å². The van der Waals surface area contributed by atoms with E-state index < -0.39 is 0 Å². The van der Waals surface area contributed by atoms with Crippen LogP contribution in [0, 0.1) is 5.92 Å². The quantitative estimate of drug-likeness (QED) is 0.866. The van der Waals surface area contributed by atoms with Crippen LogP contribution in [-0.2, 0) is 4.74 Å². The van der Waals surface area contributed by atoms with E-state index in [1.165, 1.54) is 29.4 Å². The maximum atomic E-state index is 5.65. The Morgan fingerprint density at radius 1 is 1.25 bits per heavy atom. The van der Waals surface area contributed by atoms with Crippen LogP contribution < -0.4 is 4.90 Å². The van der Waals surface area contributed by atoms with Crippen LogP contribution in [0.15, 0.2) is 30.5 Å². The largest absolute Gasteiger partial charge is 0.378 e. The highest BCUT2D eigenvalue weighted by Gasteiger charge is 2.30. The minimum absolute atomic E-state index is 0.510. The Morgan fingerprint density at radius 3 is 2.85 bits per heavy atom.